The molecule has 1 aliphatic rings. The molecule has 1 unspecified atom stereocenters. The van der Waals surface area contributed by atoms with Crippen LogP contribution in [0.3, 0.4) is 0 Å². The van der Waals surface area contributed by atoms with Gasteiger partial charge < -0.3 is 10.8 Å². The number of nitrogens with zero attached hydrogens (tertiary/aromatic N) is 2. The molecular formula is C12H19N3O2. The minimum absolute atomic E-state index is 0.229. The van der Waals surface area contributed by atoms with Crippen LogP contribution < -0.4 is 5.73 Å². The number of hydrogen-bond acceptors (Lipinski definition) is 3. The Morgan fingerprint density at radius 2 is 2.41 bits per heavy atom. The predicted molar refractivity (Wildman–Crippen MR) is 63.4 cm³/mol. The molecule has 2 rings (SSSR count). The molecule has 0 radical (unpaired) electrons. The summed E-state index contributed by atoms with van der Waals surface area (Å²) in [5.41, 5.74) is 6.07. The predicted octanol–water partition coefficient (Wildman–Crippen LogP) is 0.792. The van der Waals surface area contributed by atoms with Gasteiger partial charge in [0.15, 0.2) is 0 Å². The highest BCUT2D eigenvalue weighted by Gasteiger charge is 2.49. The molecule has 17 heavy (non-hydrogen) atoms. The average molecular weight is 237 g/mol. The number of carboxylic acid groups (broad SMARTS) is 1. The lowest BCUT2D eigenvalue weighted by molar-refractivity contribution is -0.150. The van der Waals surface area contributed by atoms with Crippen molar-refractivity contribution in [2.45, 2.75) is 25.7 Å². The van der Waals surface area contributed by atoms with Gasteiger partial charge >= 0.3 is 5.97 Å². The van der Waals surface area contributed by atoms with Crippen molar-refractivity contribution in [3.05, 3.63) is 18.0 Å². The lowest BCUT2D eigenvalue weighted by Crippen LogP contribution is -2.41. The number of nitrogens with two attached hydrogens (primary N) is 1. The molecule has 0 amide bonds. The third-order valence-electron chi connectivity index (χ3n) is 3.77. The van der Waals surface area contributed by atoms with Crippen LogP contribution in [0, 0.1) is 11.3 Å². The summed E-state index contributed by atoms with van der Waals surface area (Å²) in [6.07, 6.45) is 7.04. The first-order valence-corrected chi connectivity index (χ1v) is 5.99. The van der Waals surface area contributed by atoms with Gasteiger partial charge in [-0.05, 0) is 37.2 Å². The number of aliphatic carboxylic acids is 1. The maximum absolute atomic E-state index is 11.5. The zero-order valence-corrected chi connectivity index (χ0v) is 10.1. The Balaban J connectivity index is 2.05. The lowest BCUT2D eigenvalue weighted by Gasteiger charge is -2.27. The molecule has 94 valence electrons. The van der Waals surface area contributed by atoms with Crippen LogP contribution in [0.5, 0.6) is 0 Å². The zero-order chi connectivity index (χ0) is 12.5. The third kappa shape index (κ3) is 2.34. The summed E-state index contributed by atoms with van der Waals surface area (Å²) in [6, 6.07) is 0. The van der Waals surface area contributed by atoms with E-state index in [1.165, 1.54) is 0 Å². The Labute approximate surface area is 101 Å². The van der Waals surface area contributed by atoms with Gasteiger partial charge in [0, 0.05) is 19.8 Å². The quantitative estimate of drug-likeness (QED) is 0.766. The standard InChI is InChI=1S/C12H19N3O2/c1-15-7-9(6-14-15)4-5-12(8-13,11(16)17)10-2-3-10/h6-7,10H,2-5,8,13H2,1H3,(H,16,17). The highest BCUT2D eigenvalue weighted by molar-refractivity contribution is 5.76. The van der Waals surface area contributed by atoms with Crippen LogP contribution in [0.15, 0.2) is 12.4 Å². The molecule has 1 heterocycles. The molecule has 0 spiro atoms. The Morgan fingerprint density at radius 1 is 1.71 bits per heavy atom. The summed E-state index contributed by atoms with van der Waals surface area (Å²) >= 11 is 0. The first-order valence-electron chi connectivity index (χ1n) is 5.99. The molecule has 0 saturated heterocycles. The van der Waals surface area contributed by atoms with Crippen LogP contribution in [0.4, 0.5) is 0 Å². The van der Waals surface area contributed by atoms with Crippen LogP contribution in [-0.2, 0) is 18.3 Å². The summed E-state index contributed by atoms with van der Waals surface area (Å²) in [5, 5.41) is 13.5. The molecule has 0 bridgehead atoms. The molecule has 5 nitrogen and oxygen atoms in total. The van der Waals surface area contributed by atoms with Crippen LogP contribution in [0.1, 0.15) is 24.8 Å². The molecular weight excluding hydrogens is 218 g/mol. The summed E-state index contributed by atoms with van der Waals surface area (Å²) < 4.78 is 1.73. The van der Waals surface area contributed by atoms with Gasteiger partial charge in [-0.25, -0.2) is 0 Å². The highest BCUT2D eigenvalue weighted by Crippen LogP contribution is 2.48. The minimum atomic E-state index is -0.744. The second-order valence-corrected chi connectivity index (χ2v) is 4.96. The van der Waals surface area contributed by atoms with E-state index in [9.17, 15) is 9.90 Å². The number of aromatic nitrogens is 2. The maximum Gasteiger partial charge on any atom is 0.311 e. The van der Waals surface area contributed by atoms with Crippen molar-refractivity contribution in [1.82, 2.24) is 9.78 Å². The van der Waals surface area contributed by atoms with Crippen molar-refractivity contribution < 1.29 is 9.90 Å². The van der Waals surface area contributed by atoms with Crippen molar-refractivity contribution in [2.75, 3.05) is 6.54 Å². The SMILES string of the molecule is Cn1cc(CCC(CN)(C(=O)O)C2CC2)cn1. The third-order valence-corrected chi connectivity index (χ3v) is 3.77. The summed E-state index contributed by atoms with van der Waals surface area (Å²) in [4.78, 5) is 11.5. The fourth-order valence-corrected chi connectivity index (χ4v) is 2.45. The topological polar surface area (TPSA) is 81.1 Å². The van der Waals surface area contributed by atoms with E-state index in [4.69, 9.17) is 5.73 Å². The van der Waals surface area contributed by atoms with E-state index in [2.05, 4.69) is 5.10 Å². The smallest absolute Gasteiger partial charge is 0.311 e. The first kappa shape index (κ1) is 12.1. The molecule has 1 fully saturated rings. The van der Waals surface area contributed by atoms with Crippen LogP contribution in [0.25, 0.3) is 0 Å². The van der Waals surface area contributed by atoms with E-state index in [0.717, 1.165) is 24.8 Å². The normalized spacial score (nSPS) is 18.9. The fourth-order valence-electron chi connectivity index (χ4n) is 2.45. The summed E-state index contributed by atoms with van der Waals surface area (Å²) in [5.74, 6) is -0.479. The molecule has 0 aromatic carbocycles. The lowest BCUT2D eigenvalue weighted by atomic mass is 9.78. The monoisotopic (exact) mass is 237 g/mol. The Hall–Kier alpha value is -1.36. The van der Waals surface area contributed by atoms with Crippen molar-refractivity contribution in [3.8, 4) is 0 Å². The van der Waals surface area contributed by atoms with Crippen molar-refractivity contribution in [1.29, 1.82) is 0 Å². The van der Waals surface area contributed by atoms with Crippen molar-refractivity contribution in [3.63, 3.8) is 0 Å². The number of rotatable bonds is 6. The van der Waals surface area contributed by atoms with Crippen LogP contribution >= 0.6 is 0 Å². The fraction of sp³-hybridized carbons (Fsp3) is 0.667. The highest BCUT2D eigenvalue weighted by atomic mass is 16.4. The van der Waals surface area contributed by atoms with E-state index < -0.39 is 11.4 Å². The Kier molecular flexibility index (Phi) is 3.19. The first-order chi connectivity index (χ1) is 8.08. The van der Waals surface area contributed by atoms with Gasteiger partial charge in [0.1, 0.15) is 0 Å². The number of hydrogen-bond donors (Lipinski definition) is 2. The van der Waals surface area contributed by atoms with Crippen molar-refractivity contribution >= 4 is 5.97 Å². The molecule has 1 aromatic heterocycles. The summed E-state index contributed by atoms with van der Waals surface area (Å²) in [6.45, 7) is 0.229. The summed E-state index contributed by atoms with van der Waals surface area (Å²) in [7, 11) is 1.86. The molecule has 1 atom stereocenters. The number of aryl methyl sites for hydroxylation is 2. The van der Waals surface area contributed by atoms with Gasteiger partial charge in [0.25, 0.3) is 0 Å². The van der Waals surface area contributed by atoms with E-state index in [1.54, 1.807) is 10.9 Å². The Bertz CT molecular complexity index is 412. The van der Waals surface area contributed by atoms with Gasteiger partial charge in [0.05, 0.1) is 11.6 Å². The van der Waals surface area contributed by atoms with Gasteiger partial charge in [-0.3, -0.25) is 9.48 Å². The Morgan fingerprint density at radius 3 is 2.82 bits per heavy atom. The molecule has 5 heteroatoms. The maximum atomic E-state index is 11.5. The van der Waals surface area contributed by atoms with E-state index in [0.29, 0.717) is 6.42 Å². The molecule has 0 aliphatic heterocycles. The molecule has 1 aliphatic carbocycles. The van der Waals surface area contributed by atoms with E-state index in [-0.39, 0.29) is 12.5 Å². The second kappa shape index (κ2) is 4.49. The molecule has 3 N–H and O–H groups in total. The van der Waals surface area contributed by atoms with Gasteiger partial charge in [-0.2, -0.15) is 5.10 Å². The van der Waals surface area contributed by atoms with Gasteiger partial charge in [0.2, 0.25) is 0 Å². The van der Waals surface area contributed by atoms with E-state index in [1.807, 2.05) is 13.2 Å². The number of carboxylic acids is 1. The zero-order valence-electron chi connectivity index (χ0n) is 10.1. The largest absolute Gasteiger partial charge is 0.481 e. The average Bonchev–Trinajstić information content (AvgIpc) is 3.04. The van der Waals surface area contributed by atoms with Gasteiger partial charge in [-0.1, -0.05) is 0 Å². The number of carbonyl (C=O) groups is 1. The van der Waals surface area contributed by atoms with Crippen molar-refractivity contribution in [2.24, 2.45) is 24.1 Å². The minimum Gasteiger partial charge on any atom is -0.481 e. The van der Waals surface area contributed by atoms with Crippen LogP contribution in [0.2, 0.25) is 0 Å². The van der Waals surface area contributed by atoms with Gasteiger partial charge in [-0.15, -0.1) is 0 Å². The van der Waals surface area contributed by atoms with E-state index >= 15 is 0 Å². The molecule has 1 saturated carbocycles. The molecule has 1 aromatic rings. The second-order valence-electron chi connectivity index (χ2n) is 4.96. The van der Waals surface area contributed by atoms with Crippen LogP contribution in [-0.4, -0.2) is 27.4 Å².